The van der Waals surface area contributed by atoms with Crippen molar-refractivity contribution in [3.63, 3.8) is 0 Å². The number of piperazine rings is 1. The van der Waals surface area contributed by atoms with Crippen LogP contribution in [-0.4, -0.2) is 59.3 Å². The van der Waals surface area contributed by atoms with E-state index in [0.29, 0.717) is 66.3 Å². The van der Waals surface area contributed by atoms with Crippen LogP contribution in [0.5, 0.6) is 17.5 Å². The number of ketones is 1. The van der Waals surface area contributed by atoms with Crippen molar-refractivity contribution in [3.05, 3.63) is 77.6 Å². The maximum atomic E-state index is 15.7. The van der Waals surface area contributed by atoms with Crippen LogP contribution in [0.3, 0.4) is 0 Å². The topological polar surface area (TPSA) is 59.8 Å². The summed E-state index contributed by atoms with van der Waals surface area (Å²) in [4.78, 5) is 20.1. The highest BCUT2D eigenvalue weighted by atomic mass is 19.4. The van der Waals surface area contributed by atoms with Gasteiger partial charge in [-0.15, -0.1) is 13.2 Å². The van der Waals surface area contributed by atoms with Crippen molar-refractivity contribution in [2.24, 2.45) is 0 Å². The van der Waals surface area contributed by atoms with Gasteiger partial charge in [-0.05, 0) is 49.7 Å². The van der Waals surface area contributed by atoms with Crippen molar-refractivity contribution >= 4 is 22.5 Å². The summed E-state index contributed by atoms with van der Waals surface area (Å²) in [6.07, 6.45) is -4.78. The Morgan fingerprint density at radius 3 is 2.27 bits per heavy atom. The van der Waals surface area contributed by atoms with Crippen molar-refractivity contribution in [1.82, 2.24) is 14.5 Å². The summed E-state index contributed by atoms with van der Waals surface area (Å²) in [5.74, 6) is -0.0774. The predicted octanol–water partition coefficient (Wildman–Crippen LogP) is 5.93. The molecular formula is C29H28F4N4O3. The first-order valence-corrected chi connectivity index (χ1v) is 12.8. The number of hydrogen-bond acceptors (Lipinski definition) is 6. The number of para-hydroxylation sites is 1. The number of aryl methyl sites for hydroxylation is 1. The first kappa shape index (κ1) is 27.4. The Hall–Kier alpha value is -4.12. The molecule has 2 heterocycles. The number of halogens is 4. The second-order valence-electron chi connectivity index (χ2n) is 9.76. The van der Waals surface area contributed by atoms with Crippen molar-refractivity contribution in [1.29, 1.82) is 0 Å². The lowest BCUT2D eigenvalue weighted by Crippen LogP contribution is -2.48. The number of hydrogen-bond donors (Lipinski definition) is 0. The van der Waals surface area contributed by atoms with E-state index >= 15 is 4.39 Å². The number of carbonyl (C=O) groups is 1. The van der Waals surface area contributed by atoms with Crippen molar-refractivity contribution in [2.75, 3.05) is 37.6 Å². The Kier molecular flexibility index (Phi) is 7.66. The summed E-state index contributed by atoms with van der Waals surface area (Å²) in [6.45, 7) is 6.16. The largest absolute Gasteiger partial charge is 0.573 e. The monoisotopic (exact) mass is 556 g/mol. The third kappa shape index (κ3) is 6.20. The Morgan fingerprint density at radius 2 is 1.65 bits per heavy atom. The SMILES string of the molecule is CC(=O)CN1CCN(c2cc3c(nc(Oc4ccccc4)n3Cc3ccc(OC(F)(F)F)cc3)c(C)c2F)CC1. The van der Waals surface area contributed by atoms with Crippen LogP contribution in [0.15, 0.2) is 60.7 Å². The molecule has 0 radical (unpaired) electrons. The molecule has 0 unspecified atom stereocenters. The number of ether oxygens (including phenoxy) is 2. The van der Waals surface area contributed by atoms with Gasteiger partial charge >= 0.3 is 12.4 Å². The normalized spacial score (nSPS) is 14.5. The predicted molar refractivity (Wildman–Crippen MR) is 143 cm³/mol. The molecule has 1 aromatic heterocycles. The van der Waals surface area contributed by atoms with Gasteiger partial charge in [0.25, 0.3) is 0 Å². The molecule has 1 fully saturated rings. The zero-order valence-electron chi connectivity index (χ0n) is 22.0. The van der Waals surface area contributed by atoms with Gasteiger partial charge in [-0.2, -0.15) is 4.98 Å². The Labute approximate surface area is 228 Å². The minimum absolute atomic E-state index is 0.0877. The molecule has 0 spiro atoms. The molecule has 7 nitrogen and oxygen atoms in total. The second-order valence-corrected chi connectivity index (χ2v) is 9.76. The summed E-state index contributed by atoms with van der Waals surface area (Å²) in [6, 6.07) is 16.5. The van der Waals surface area contributed by atoms with Crippen molar-refractivity contribution in [3.8, 4) is 17.5 Å². The summed E-state index contributed by atoms with van der Waals surface area (Å²) in [5.41, 5.74) is 2.52. The van der Waals surface area contributed by atoms with Crippen LogP contribution in [0.4, 0.5) is 23.2 Å². The van der Waals surface area contributed by atoms with Gasteiger partial charge in [0, 0.05) is 31.7 Å². The van der Waals surface area contributed by atoms with E-state index < -0.39 is 6.36 Å². The van der Waals surface area contributed by atoms with E-state index in [-0.39, 0.29) is 29.9 Å². The lowest BCUT2D eigenvalue weighted by molar-refractivity contribution is -0.274. The van der Waals surface area contributed by atoms with E-state index in [2.05, 4.69) is 9.72 Å². The van der Waals surface area contributed by atoms with Gasteiger partial charge in [0.15, 0.2) is 5.82 Å². The number of anilines is 1. The second kappa shape index (κ2) is 11.2. The molecule has 0 N–H and O–H groups in total. The molecule has 1 saturated heterocycles. The standard InChI is InChI=1S/C29H28F4N4O3/c1-19(38)17-35-12-14-36(15-13-35)24-16-25-27(20(2)26(24)30)34-28(39-22-6-4-3-5-7-22)37(25)18-21-8-10-23(11-9-21)40-29(31,32)33/h3-11,16H,12-15,17-18H2,1-2H3. The molecule has 3 aromatic carbocycles. The fraction of sp³-hybridized carbons (Fsp3) is 0.310. The quantitative estimate of drug-likeness (QED) is 0.251. The maximum Gasteiger partial charge on any atom is 0.573 e. The third-order valence-electron chi connectivity index (χ3n) is 6.76. The average molecular weight is 557 g/mol. The molecule has 0 saturated carbocycles. The highest BCUT2D eigenvalue weighted by Gasteiger charge is 2.31. The maximum absolute atomic E-state index is 15.7. The van der Waals surface area contributed by atoms with Crippen molar-refractivity contribution in [2.45, 2.75) is 26.8 Å². The first-order valence-electron chi connectivity index (χ1n) is 12.8. The molecule has 0 bridgehead atoms. The number of carbonyl (C=O) groups excluding carboxylic acids is 1. The van der Waals surface area contributed by atoms with Gasteiger partial charge in [-0.1, -0.05) is 30.3 Å². The highest BCUT2D eigenvalue weighted by molar-refractivity contribution is 5.85. The lowest BCUT2D eigenvalue weighted by atomic mass is 10.1. The van der Waals surface area contributed by atoms with E-state index in [4.69, 9.17) is 4.74 Å². The number of benzene rings is 3. The van der Waals surface area contributed by atoms with Crippen LogP contribution in [-0.2, 0) is 11.3 Å². The molecular weight excluding hydrogens is 528 g/mol. The third-order valence-corrected chi connectivity index (χ3v) is 6.76. The van der Waals surface area contributed by atoms with Crippen molar-refractivity contribution < 1.29 is 31.8 Å². The molecule has 0 atom stereocenters. The molecule has 210 valence electrons. The van der Waals surface area contributed by atoms with E-state index in [0.717, 1.165) is 0 Å². The Bertz CT molecular complexity index is 1500. The number of imidazole rings is 1. The van der Waals surface area contributed by atoms with Crippen LogP contribution in [0, 0.1) is 12.7 Å². The van der Waals surface area contributed by atoms with Crippen LogP contribution in [0.1, 0.15) is 18.1 Å². The molecule has 1 aliphatic heterocycles. The fourth-order valence-electron chi connectivity index (χ4n) is 4.85. The highest BCUT2D eigenvalue weighted by Crippen LogP contribution is 2.35. The fourth-order valence-corrected chi connectivity index (χ4v) is 4.85. The van der Waals surface area contributed by atoms with Gasteiger partial charge in [-0.3, -0.25) is 14.3 Å². The molecule has 1 aliphatic rings. The number of rotatable bonds is 8. The molecule has 5 rings (SSSR count). The molecule has 4 aromatic rings. The van der Waals surface area contributed by atoms with Gasteiger partial charge in [0.2, 0.25) is 0 Å². The smallest absolute Gasteiger partial charge is 0.425 e. The number of Topliss-reactive ketones (excluding diaryl/α,β-unsaturated/α-hetero) is 1. The minimum atomic E-state index is -4.78. The van der Waals surface area contributed by atoms with Gasteiger partial charge < -0.3 is 14.4 Å². The van der Waals surface area contributed by atoms with Crippen LogP contribution < -0.4 is 14.4 Å². The average Bonchev–Trinajstić information content (AvgIpc) is 3.24. The van der Waals surface area contributed by atoms with Crippen LogP contribution in [0.2, 0.25) is 0 Å². The number of nitrogens with zero attached hydrogens (tertiary/aromatic N) is 4. The summed E-state index contributed by atoms with van der Waals surface area (Å²) >= 11 is 0. The zero-order valence-corrected chi connectivity index (χ0v) is 22.0. The van der Waals surface area contributed by atoms with E-state index in [9.17, 15) is 18.0 Å². The van der Waals surface area contributed by atoms with Crippen LogP contribution in [0.25, 0.3) is 11.0 Å². The van der Waals surface area contributed by atoms with E-state index in [1.54, 1.807) is 36.6 Å². The van der Waals surface area contributed by atoms with E-state index in [1.165, 1.54) is 24.3 Å². The molecule has 11 heteroatoms. The minimum Gasteiger partial charge on any atom is -0.425 e. The van der Waals surface area contributed by atoms with Gasteiger partial charge in [-0.25, -0.2) is 4.39 Å². The molecule has 40 heavy (non-hydrogen) atoms. The summed E-state index contributed by atoms with van der Waals surface area (Å²) in [7, 11) is 0. The van der Waals surface area contributed by atoms with E-state index in [1.807, 2.05) is 28.0 Å². The Morgan fingerprint density at radius 1 is 0.975 bits per heavy atom. The Balaban J connectivity index is 1.52. The summed E-state index contributed by atoms with van der Waals surface area (Å²) < 4.78 is 65.4. The summed E-state index contributed by atoms with van der Waals surface area (Å²) in [5, 5.41) is 0. The molecule has 0 aliphatic carbocycles. The first-order chi connectivity index (χ1) is 19.1. The number of aromatic nitrogens is 2. The van der Waals surface area contributed by atoms with Gasteiger partial charge in [0.1, 0.15) is 17.3 Å². The number of fused-ring (bicyclic) bond motifs is 1. The number of alkyl halides is 3. The molecule has 0 amide bonds. The van der Waals surface area contributed by atoms with Crippen LogP contribution >= 0.6 is 0 Å². The lowest BCUT2D eigenvalue weighted by Gasteiger charge is -2.36. The zero-order chi connectivity index (χ0) is 28.4. The van der Waals surface area contributed by atoms with Gasteiger partial charge in [0.05, 0.1) is 29.8 Å².